The van der Waals surface area contributed by atoms with Crippen molar-refractivity contribution in [3.63, 3.8) is 0 Å². The van der Waals surface area contributed by atoms with Gasteiger partial charge in [0.25, 0.3) is 5.89 Å². The molecule has 2 N–H and O–H groups in total. The molecule has 0 amide bonds. The van der Waals surface area contributed by atoms with Crippen LogP contribution in [0.4, 0.5) is 13.9 Å². The Labute approximate surface area is 116 Å². The number of aromatic nitrogens is 3. The van der Waals surface area contributed by atoms with Gasteiger partial charge in [0.2, 0.25) is 5.82 Å². The molecule has 0 spiro atoms. The van der Waals surface area contributed by atoms with Gasteiger partial charge in [0.1, 0.15) is 4.88 Å². The summed E-state index contributed by atoms with van der Waals surface area (Å²) in [6.07, 6.45) is 0. The fourth-order valence-corrected chi connectivity index (χ4v) is 2.44. The third-order valence-electron chi connectivity index (χ3n) is 2.61. The summed E-state index contributed by atoms with van der Waals surface area (Å²) in [5.74, 6) is -1.47. The average Bonchev–Trinajstić information content (AvgIpc) is 2.99. The van der Waals surface area contributed by atoms with Crippen LogP contribution < -0.4 is 5.73 Å². The highest BCUT2D eigenvalue weighted by Gasteiger charge is 2.17. The van der Waals surface area contributed by atoms with E-state index in [4.69, 9.17) is 10.3 Å². The first-order chi connectivity index (χ1) is 9.54. The summed E-state index contributed by atoms with van der Waals surface area (Å²) in [6, 6.07) is 3.40. The van der Waals surface area contributed by atoms with E-state index in [-0.39, 0.29) is 11.7 Å². The number of hydrogen-bond donors (Lipinski definition) is 1. The highest BCUT2D eigenvalue weighted by Crippen LogP contribution is 2.31. The lowest BCUT2D eigenvalue weighted by Gasteiger charge is -1.95. The van der Waals surface area contributed by atoms with Crippen molar-refractivity contribution in [3.05, 3.63) is 35.5 Å². The first-order valence-electron chi connectivity index (χ1n) is 5.57. The number of nitrogens with zero attached hydrogens (tertiary/aromatic N) is 3. The fourth-order valence-electron chi connectivity index (χ4n) is 1.68. The number of anilines is 1. The van der Waals surface area contributed by atoms with Crippen LogP contribution in [0, 0.1) is 18.6 Å². The van der Waals surface area contributed by atoms with Gasteiger partial charge in [0, 0.05) is 5.56 Å². The number of benzene rings is 1. The van der Waals surface area contributed by atoms with Crippen molar-refractivity contribution in [1.82, 2.24) is 15.1 Å². The zero-order valence-electron chi connectivity index (χ0n) is 10.2. The number of rotatable bonds is 2. The first kappa shape index (κ1) is 12.7. The summed E-state index contributed by atoms with van der Waals surface area (Å²) in [4.78, 5) is 8.85. The van der Waals surface area contributed by atoms with E-state index >= 15 is 0 Å². The lowest BCUT2D eigenvalue weighted by molar-refractivity contribution is 0.433. The van der Waals surface area contributed by atoms with Crippen LogP contribution in [0.3, 0.4) is 0 Å². The minimum atomic E-state index is -0.966. The van der Waals surface area contributed by atoms with Crippen LogP contribution >= 0.6 is 11.3 Å². The Balaban J connectivity index is 2.01. The van der Waals surface area contributed by atoms with Crippen molar-refractivity contribution in [2.45, 2.75) is 6.92 Å². The Morgan fingerprint density at radius 2 is 2.00 bits per heavy atom. The summed E-state index contributed by atoms with van der Waals surface area (Å²) in [7, 11) is 0. The maximum Gasteiger partial charge on any atom is 0.270 e. The van der Waals surface area contributed by atoms with Crippen molar-refractivity contribution >= 4 is 16.5 Å². The van der Waals surface area contributed by atoms with Crippen molar-refractivity contribution in [1.29, 1.82) is 0 Å². The van der Waals surface area contributed by atoms with Crippen LogP contribution in [0.15, 0.2) is 22.7 Å². The number of nitrogen functional groups attached to an aromatic ring is 1. The third kappa shape index (κ3) is 2.14. The Kier molecular flexibility index (Phi) is 2.94. The second-order valence-electron chi connectivity index (χ2n) is 4.02. The third-order valence-corrected chi connectivity index (χ3v) is 3.59. The van der Waals surface area contributed by atoms with Gasteiger partial charge in [-0.2, -0.15) is 4.98 Å². The summed E-state index contributed by atoms with van der Waals surface area (Å²) >= 11 is 1.22. The Morgan fingerprint density at radius 1 is 1.20 bits per heavy atom. The molecule has 0 aliphatic rings. The molecule has 8 heteroatoms. The van der Waals surface area contributed by atoms with Crippen LogP contribution in [0.1, 0.15) is 5.69 Å². The van der Waals surface area contributed by atoms with E-state index in [2.05, 4.69) is 15.1 Å². The first-order valence-corrected chi connectivity index (χ1v) is 6.38. The Bertz CT molecular complexity index is 784. The molecular weight excluding hydrogens is 286 g/mol. The Morgan fingerprint density at radius 3 is 2.65 bits per heavy atom. The van der Waals surface area contributed by atoms with Crippen LogP contribution in [-0.4, -0.2) is 15.1 Å². The number of hydrogen-bond acceptors (Lipinski definition) is 6. The van der Waals surface area contributed by atoms with Crippen molar-refractivity contribution in [2.24, 2.45) is 0 Å². The largest absolute Gasteiger partial charge is 0.375 e. The number of halogens is 2. The highest BCUT2D eigenvalue weighted by atomic mass is 32.1. The van der Waals surface area contributed by atoms with Gasteiger partial charge in [-0.1, -0.05) is 16.5 Å². The molecule has 0 radical (unpaired) electrons. The van der Waals surface area contributed by atoms with Gasteiger partial charge < -0.3 is 10.3 Å². The molecule has 20 heavy (non-hydrogen) atoms. The molecule has 0 atom stereocenters. The lowest BCUT2D eigenvalue weighted by Crippen LogP contribution is -1.87. The molecule has 0 aliphatic heterocycles. The zero-order valence-corrected chi connectivity index (χ0v) is 11.0. The van der Waals surface area contributed by atoms with Gasteiger partial charge in [-0.05, 0) is 25.1 Å². The molecule has 3 aromatic rings. The number of thiazole rings is 1. The normalized spacial score (nSPS) is 10.9. The molecule has 102 valence electrons. The smallest absolute Gasteiger partial charge is 0.270 e. The summed E-state index contributed by atoms with van der Waals surface area (Å²) in [5, 5.41) is 4.14. The second kappa shape index (κ2) is 4.64. The maximum atomic E-state index is 13.2. The molecule has 0 aliphatic carbocycles. The van der Waals surface area contributed by atoms with Crippen LogP contribution in [-0.2, 0) is 0 Å². The maximum absolute atomic E-state index is 13.2. The van der Waals surface area contributed by atoms with Gasteiger partial charge in [-0.25, -0.2) is 13.8 Å². The van der Waals surface area contributed by atoms with E-state index in [1.54, 1.807) is 6.92 Å². The van der Waals surface area contributed by atoms with Crippen LogP contribution in [0.2, 0.25) is 0 Å². The van der Waals surface area contributed by atoms with E-state index in [0.29, 0.717) is 21.3 Å². The van der Waals surface area contributed by atoms with Gasteiger partial charge in [0.15, 0.2) is 16.8 Å². The minimum absolute atomic E-state index is 0.172. The molecule has 1 aromatic carbocycles. The monoisotopic (exact) mass is 294 g/mol. The van der Waals surface area contributed by atoms with E-state index in [1.165, 1.54) is 17.4 Å². The van der Waals surface area contributed by atoms with Crippen LogP contribution in [0.5, 0.6) is 0 Å². The van der Waals surface area contributed by atoms with Crippen LogP contribution in [0.25, 0.3) is 22.2 Å². The van der Waals surface area contributed by atoms with Crippen molar-refractivity contribution in [3.8, 4) is 22.2 Å². The highest BCUT2D eigenvalue weighted by molar-refractivity contribution is 7.18. The molecule has 0 bridgehead atoms. The average molecular weight is 294 g/mol. The lowest BCUT2D eigenvalue weighted by atomic mass is 10.2. The summed E-state index contributed by atoms with van der Waals surface area (Å²) in [5.41, 5.74) is 6.60. The molecule has 0 unspecified atom stereocenters. The summed E-state index contributed by atoms with van der Waals surface area (Å²) < 4.78 is 31.2. The number of aryl methyl sites for hydroxylation is 1. The van der Waals surface area contributed by atoms with Gasteiger partial charge in [-0.15, -0.1) is 0 Å². The van der Waals surface area contributed by atoms with E-state index in [0.717, 1.165) is 12.1 Å². The van der Waals surface area contributed by atoms with E-state index < -0.39 is 11.6 Å². The molecule has 5 nitrogen and oxygen atoms in total. The molecule has 0 saturated carbocycles. The molecular formula is C12H8F2N4OS. The number of nitrogens with two attached hydrogens (primary N) is 1. The van der Waals surface area contributed by atoms with E-state index in [9.17, 15) is 8.78 Å². The van der Waals surface area contributed by atoms with Crippen molar-refractivity contribution < 1.29 is 13.3 Å². The van der Waals surface area contributed by atoms with Gasteiger partial charge in [-0.3, -0.25) is 0 Å². The molecule has 2 aromatic heterocycles. The molecule has 0 saturated heterocycles. The predicted octanol–water partition coefficient (Wildman–Crippen LogP) is 3.03. The zero-order chi connectivity index (χ0) is 14.3. The second-order valence-corrected chi connectivity index (χ2v) is 5.05. The SMILES string of the molecule is Cc1nc(N)sc1-c1nc(-c2ccc(F)c(F)c2)no1. The standard InChI is InChI=1S/C12H8F2N4OS/c1-5-9(20-12(15)16-5)11-17-10(18-19-11)6-2-3-7(13)8(14)4-6/h2-4H,1H3,(H2,15,16). The summed E-state index contributed by atoms with van der Waals surface area (Å²) in [6.45, 7) is 1.77. The Hall–Kier alpha value is -2.35. The van der Waals surface area contributed by atoms with E-state index in [1.807, 2.05) is 0 Å². The topological polar surface area (TPSA) is 77.8 Å². The minimum Gasteiger partial charge on any atom is -0.375 e. The van der Waals surface area contributed by atoms with Gasteiger partial charge in [0.05, 0.1) is 5.69 Å². The molecule has 2 heterocycles. The molecule has 3 rings (SSSR count). The molecule has 0 fully saturated rings. The van der Waals surface area contributed by atoms with Gasteiger partial charge >= 0.3 is 0 Å². The predicted molar refractivity (Wildman–Crippen MR) is 69.9 cm³/mol. The van der Waals surface area contributed by atoms with Crippen molar-refractivity contribution in [2.75, 3.05) is 5.73 Å². The fraction of sp³-hybridized carbons (Fsp3) is 0.0833. The quantitative estimate of drug-likeness (QED) is 0.786.